The summed E-state index contributed by atoms with van der Waals surface area (Å²) in [6.45, 7) is 0.531. The highest BCUT2D eigenvalue weighted by Gasteiger charge is 2.20. The Bertz CT molecular complexity index is 94.4. The Balaban J connectivity index is 2.32. The summed E-state index contributed by atoms with van der Waals surface area (Å²) >= 11 is 0. The average molecular weight is 115 g/mol. The number of rotatable bonds is 1. The van der Waals surface area contributed by atoms with Crippen LogP contribution in [0, 0.1) is 0 Å². The van der Waals surface area contributed by atoms with Crippen molar-refractivity contribution in [2.24, 2.45) is 5.73 Å². The van der Waals surface area contributed by atoms with E-state index in [9.17, 15) is 4.79 Å². The number of aldehydes is 1. The molecule has 0 aromatic carbocycles. The summed E-state index contributed by atoms with van der Waals surface area (Å²) in [5.74, 6) is 0. The maximum absolute atomic E-state index is 9.97. The number of hydrogen-bond acceptors (Lipinski definition) is 3. The van der Waals surface area contributed by atoms with Gasteiger partial charge in [-0.2, -0.15) is 0 Å². The molecule has 1 aliphatic rings. The Morgan fingerprint density at radius 3 is 2.75 bits per heavy atom. The first-order valence-electron chi connectivity index (χ1n) is 2.65. The molecule has 46 valence electrons. The van der Waals surface area contributed by atoms with Gasteiger partial charge >= 0.3 is 0 Å². The molecular formula is C5H9NO2. The second-order valence-corrected chi connectivity index (χ2v) is 2.00. The zero-order valence-electron chi connectivity index (χ0n) is 4.54. The standard InChI is InChI=1S/C5H9NO2/c6-4-1-5(2-7)8-3-4/h2,4-5H,1,3,6H2/t4-,5?/m1/s1. The first-order valence-corrected chi connectivity index (χ1v) is 2.65. The first kappa shape index (κ1) is 5.72. The molecule has 1 aliphatic heterocycles. The van der Waals surface area contributed by atoms with Gasteiger partial charge in [-0.15, -0.1) is 0 Å². The van der Waals surface area contributed by atoms with Crippen molar-refractivity contribution in [3.05, 3.63) is 0 Å². The van der Waals surface area contributed by atoms with Crippen molar-refractivity contribution in [2.75, 3.05) is 6.61 Å². The van der Waals surface area contributed by atoms with E-state index in [0.717, 1.165) is 6.29 Å². The average Bonchev–Trinajstić information content (AvgIpc) is 2.14. The molecule has 2 N–H and O–H groups in total. The predicted octanol–water partition coefficient (Wildman–Crippen LogP) is -0.699. The van der Waals surface area contributed by atoms with Crippen LogP contribution >= 0.6 is 0 Å². The van der Waals surface area contributed by atoms with Crippen LogP contribution in [-0.4, -0.2) is 25.0 Å². The minimum atomic E-state index is -0.231. The topological polar surface area (TPSA) is 52.3 Å². The zero-order valence-corrected chi connectivity index (χ0v) is 4.54. The largest absolute Gasteiger partial charge is 0.369 e. The molecule has 3 nitrogen and oxygen atoms in total. The summed E-state index contributed by atoms with van der Waals surface area (Å²) < 4.78 is 4.92. The number of hydrogen-bond donors (Lipinski definition) is 1. The molecule has 0 aliphatic carbocycles. The van der Waals surface area contributed by atoms with E-state index in [0.29, 0.717) is 13.0 Å². The highest BCUT2D eigenvalue weighted by atomic mass is 16.5. The van der Waals surface area contributed by atoms with Gasteiger partial charge in [0.15, 0.2) is 0 Å². The van der Waals surface area contributed by atoms with Crippen molar-refractivity contribution >= 4 is 6.29 Å². The minimum absolute atomic E-state index is 0.0743. The normalized spacial score (nSPS) is 37.6. The van der Waals surface area contributed by atoms with Gasteiger partial charge < -0.3 is 15.3 Å². The smallest absolute Gasteiger partial charge is 0.148 e. The second kappa shape index (κ2) is 2.24. The molecule has 1 heterocycles. The highest BCUT2D eigenvalue weighted by Crippen LogP contribution is 2.07. The SMILES string of the molecule is N[C@H]1COC(C=O)C1. The van der Waals surface area contributed by atoms with Crippen LogP contribution in [0.1, 0.15) is 6.42 Å². The van der Waals surface area contributed by atoms with Crippen LogP contribution in [0.3, 0.4) is 0 Å². The van der Waals surface area contributed by atoms with Gasteiger partial charge in [0.1, 0.15) is 12.4 Å². The summed E-state index contributed by atoms with van der Waals surface area (Å²) in [5, 5.41) is 0. The summed E-state index contributed by atoms with van der Waals surface area (Å²) in [6.07, 6.45) is 1.25. The Hall–Kier alpha value is -0.410. The van der Waals surface area contributed by atoms with Crippen molar-refractivity contribution in [1.82, 2.24) is 0 Å². The third-order valence-electron chi connectivity index (χ3n) is 1.21. The molecule has 0 aromatic rings. The van der Waals surface area contributed by atoms with E-state index >= 15 is 0 Å². The monoisotopic (exact) mass is 115 g/mol. The number of carbonyl (C=O) groups excluding carboxylic acids is 1. The van der Waals surface area contributed by atoms with E-state index in [1.54, 1.807) is 0 Å². The third-order valence-corrected chi connectivity index (χ3v) is 1.21. The maximum atomic E-state index is 9.97. The van der Waals surface area contributed by atoms with Crippen molar-refractivity contribution < 1.29 is 9.53 Å². The molecule has 0 saturated carbocycles. The van der Waals surface area contributed by atoms with Crippen molar-refractivity contribution in [1.29, 1.82) is 0 Å². The number of carbonyl (C=O) groups is 1. The Morgan fingerprint density at radius 2 is 2.50 bits per heavy atom. The molecule has 8 heavy (non-hydrogen) atoms. The lowest BCUT2D eigenvalue weighted by atomic mass is 10.2. The third kappa shape index (κ3) is 1.05. The van der Waals surface area contributed by atoms with Gasteiger partial charge in [0, 0.05) is 6.04 Å². The van der Waals surface area contributed by atoms with Crippen molar-refractivity contribution in [3.8, 4) is 0 Å². The summed E-state index contributed by atoms with van der Waals surface area (Å²) in [7, 11) is 0. The van der Waals surface area contributed by atoms with Gasteiger partial charge in [-0.25, -0.2) is 0 Å². The lowest BCUT2D eigenvalue weighted by Crippen LogP contribution is -2.19. The molecule has 2 atom stereocenters. The molecule has 1 saturated heterocycles. The van der Waals surface area contributed by atoms with Crippen LogP contribution in [0.5, 0.6) is 0 Å². The van der Waals surface area contributed by atoms with Gasteiger partial charge in [-0.3, -0.25) is 0 Å². The van der Waals surface area contributed by atoms with Gasteiger partial charge in [0.25, 0.3) is 0 Å². The lowest BCUT2D eigenvalue weighted by molar-refractivity contribution is -0.115. The summed E-state index contributed by atoms with van der Waals surface area (Å²) in [4.78, 5) is 9.97. The van der Waals surface area contributed by atoms with Crippen LogP contribution < -0.4 is 5.73 Å². The number of ether oxygens (including phenoxy) is 1. The van der Waals surface area contributed by atoms with E-state index in [1.807, 2.05) is 0 Å². The van der Waals surface area contributed by atoms with E-state index < -0.39 is 0 Å². The molecule has 1 unspecified atom stereocenters. The molecule has 0 spiro atoms. The quantitative estimate of drug-likeness (QED) is 0.460. The van der Waals surface area contributed by atoms with Crippen LogP contribution in [0.15, 0.2) is 0 Å². The summed E-state index contributed by atoms with van der Waals surface area (Å²) in [5.41, 5.74) is 5.42. The minimum Gasteiger partial charge on any atom is -0.369 e. The van der Waals surface area contributed by atoms with Gasteiger partial charge in [-0.05, 0) is 6.42 Å². The maximum Gasteiger partial charge on any atom is 0.148 e. The molecule has 0 aromatic heterocycles. The van der Waals surface area contributed by atoms with Crippen molar-refractivity contribution in [3.63, 3.8) is 0 Å². The molecule has 3 heteroatoms. The zero-order chi connectivity index (χ0) is 5.98. The Labute approximate surface area is 47.8 Å². The molecule has 0 radical (unpaired) electrons. The lowest BCUT2D eigenvalue weighted by Gasteiger charge is -1.93. The second-order valence-electron chi connectivity index (χ2n) is 2.00. The van der Waals surface area contributed by atoms with Crippen LogP contribution in [-0.2, 0) is 9.53 Å². The van der Waals surface area contributed by atoms with Crippen LogP contribution in [0.25, 0.3) is 0 Å². The molecule has 1 fully saturated rings. The molecule has 0 amide bonds. The molecule has 1 rings (SSSR count). The Kier molecular flexibility index (Phi) is 1.60. The predicted molar refractivity (Wildman–Crippen MR) is 28.4 cm³/mol. The fourth-order valence-corrected chi connectivity index (χ4v) is 0.777. The van der Waals surface area contributed by atoms with Crippen molar-refractivity contribution in [2.45, 2.75) is 18.6 Å². The van der Waals surface area contributed by atoms with Crippen LogP contribution in [0.2, 0.25) is 0 Å². The first-order chi connectivity index (χ1) is 3.83. The van der Waals surface area contributed by atoms with E-state index in [2.05, 4.69) is 0 Å². The summed E-state index contributed by atoms with van der Waals surface area (Å²) in [6, 6.07) is 0.0743. The molecular weight excluding hydrogens is 106 g/mol. The fourth-order valence-electron chi connectivity index (χ4n) is 0.777. The highest BCUT2D eigenvalue weighted by molar-refractivity contribution is 5.56. The Morgan fingerprint density at radius 1 is 1.75 bits per heavy atom. The van der Waals surface area contributed by atoms with Crippen LogP contribution in [0.4, 0.5) is 0 Å². The fraction of sp³-hybridized carbons (Fsp3) is 0.800. The van der Waals surface area contributed by atoms with Gasteiger partial charge in [-0.1, -0.05) is 0 Å². The van der Waals surface area contributed by atoms with E-state index in [1.165, 1.54) is 0 Å². The van der Waals surface area contributed by atoms with E-state index in [-0.39, 0.29) is 12.1 Å². The van der Waals surface area contributed by atoms with Gasteiger partial charge in [0.2, 0.25) is 0 Å². The number of nitrogens with two attached hydrogens (primary N) is 1. The van der Waals surface area contributed by atoms with E-state index in [4.69, 9.17) is 10.5 Å². The van der Waals surface area contributed by atoms with Gasteiger partial charge in [0.05, 0.1) is 6.61 Å². The molecule has 0 bridgehead atoms.